The number of anilines is 2. The van der Waals surface area contributed by atoms with Gasteiger partial charge in [-0.3, -0.25) is 9.78 Å². The molecule has 4 rings (SSSR count). The highest BCUT2D eigenvalue weighted by molar-refractivity contribution is 5.98. The maximum absolute atomic E-state index is 13.6. The van der Waals surface area contributed by atoms with Crippen LogP contribution in [-0.4, -0.2) is 37.7 Å². The van der Waals surface area contributed by atoms with Gasteiger partial charge in [0.1, 0.15) is 0 Å². The first-order valence-corrected chi connectivity index (χ1v) is 10.7. The predicted molar refractivity (Wildman–Crippen MR) is 119 cm³/mol. The number of methoxy groups -OCH3 is 1. The van der Waals surface area contributed by atoms with Gasteiger partial charge in [0, 0.05) is 62.1 Å². The lowest BCUT2D eigenvalue weighted by molar-refractivity contribution is 0.0948. The van der Waals surface area contributed by atoms with E-state index in [2.05, 4.69) is 15.2 Å². The second-order valence-corrected chi connectivity index (χ2v) is 7.86. The molecular weight excluding hydrogens is 431 g/mol. The minimum Gasteiger partial charge on any atom is -0.385 e. The molecule has 33 heavy (non-hydrogen) atoms. The molecule has 0 fully saturated rings. The van der Waals surface area contributed by atoms with Gasteiger partial charge in [-0.15, -0.1) is 0 Å². The first-order valence-electron chi connectivity index (χ1n) is 10.7. The number of fused-ring (bicyclic) bond motifs is 1. The molecular formula is C25H24F3N3O2. The van der Waals surface area contributed by atoms with E-state index in [9.17, 15) is 18.0 Å². The molecule has 0 bridgehead atoms. The van der Waals surface area contributed by atoms with Crippen LogP contribution in [0.25, 0.3) is 0 Å². The number of nitrogens with zero attached hydrogens (tertiary/aromatic N) is 2. The molecule has 2 aromatic carbocycles. The van der Waals surface area contributed by atoms with Gasteiger partial charge in [-0.05, 0) is 60.4 Å². The van der Waals surface area contributed by atoms with Crippen LogP contribution in [0.2, 0.25) is 0 Å². The highest BCUT2D eigenvalue weighted by Crippen LogP contribution is 2.36. The van der Waals surface area contributed by atoms with E-state index in [0.29, 0.717) is 42.9 Å². The maximum Gasteiger partial charge on any atom is 0.251 e. The van der Waals surface area contributed by atoms with E-state index in [1.807, 2.05) is 30.3 Å². The number of benzene rings is 2. The number of hydrogen-bond acceptors (Lipinski definition) is 4. The Morgan fingerprint density at radius 2 is 1.94 bits per heavy atom. The Labute approximate surface area is 190 Å². The standard InChI is InChI=1S/C25H24F3N3O2/c1-33-11-3-8-30-25(32)20-4-2-5-23-19(20)7-10-31(23)18-6-9-29-17(15-18)12-16-13-21(26)24(28)22(27)14-16/h2,4-6,9,13-15H,3,7-8,10-12H2,1H3,(H,30,32). The van der Waals surface area contributed by atoms with E-state index in [1.165, 1.54) is 0 Å². The van der Waals surface area contributed by atoms with Crippen LogP contribution in [-0.2, 0) is 17.6 Å². The average molecular weight is 455 g/mol. The minimum atomic E-state index is -1.48. The van der Waals surface area contributed by atoms with Crippen molar-refractivity contribution in [1.82, 2.24) is 10.3 Å². The van der Waals surface area contributed by atoms with Crippen LogP contribution in [0.15, 0.2) is 48.7 Å². The molecule has 2 heterocycles. The van der Waals surface area contributed by atoms with Crippen LogP contribution >= 0.6 is 0 Å². The molecule has 3 aromatic rings. The van der Waals surface area contributed by atoms with E-state index < -0.39 is 17.5 Å². The van der Waals surface area contributed by atoms with E-state index >= 15 is 0 Å². The van der Waals surface area contributed by atoms with Crippen molar-refractivity contribution >= 4 is 17.3 Å². The monoisotopic (exact) mass is 455 g/mol. The number of carbonyl (C=O) groups excluding carboxylic acids is 1. The Bertz CT molecular complexity index is 1150. The summed E-state index contributed by atoms with van der Waals surface area (Å²) in [5, 5.41) is 2.93. The lowest BCUT2D eigenvalue weighted by Gasteiger charge is -2.20. The molecule has 0 saturated heterocycles. The fourth-order valence-corrected chi connectivity index (χ4v) is 4.08. The van der Waals surface area contributed by atoms with Crippen LogP contribution in [0.5, 0.6) is 0 Å². The predicted octanol–water partition coefficient (Wildman–Crippen LogP) is 4.55. The second-order valence-electron chi connectivity index (χ2n) is 7.86. The molecule has 1 aliphatic rings. The van der Waals surface area contributed by atoms with Crippen molar-refractivity contribution in [1.29, 1.82) is 0 Å². The Morgan fingerprint density at radius 3 is 2.70 bits per heavy atom. The van der Waals surface area contributed by atoms with Crippen LogP contribution < -0.4 is 10.2 Å². The topological polar surface area (TPSA) is 54.5 Å². The average Bonchev–Trinajstić information content (AvgIpc) is 3.24. The van der Waals surface area contributed by atoms with Gasteiger partial charge in [-0.2, -0.15) is 0 Å². The van der Waals surface area contributed by atoms with Gasteiger partial charge in [0.05, 0.1) is 0 Å². The molecule has 1 aliphatic heterocycles. The fraction of sp³-hybridized carbons (Fsp3) is 0.280. The van der Waals surface area contributed by atoms with E-state index in [1.54, 1.807) is 13.3 Å². The summed E-state index contributed by atoms with van der Waals surface area (Å²) in [6.07, 6.45) is 3.24. The quantitative estimate of drug-likeness (QED) is 0.400. The van der Waals surface area contributed by atoms with Crippen molar-refractivity contribution in [2.75, 3.05) is 31.7 Å². The van der Waals surface area contributed by atoms with Crippen molar-refractivity contribution in [2.45, 2.75) is 19.3 Å². The van der Waals surface area contributed by atoms with Gasteiger partial charge < -0.3 is 15.0 Å². The van der Waals surface area contributed by atoms with Crippen LogP contribution in [0.3, 0.4) is 0 Å². The van der Waals surface area contributed by atoms with Gasteiger partial charge in [0.2, 0.25) is 0 Å². The zero-order valence-corrected chi connectivity index (χ0v) is 18.2. The smallest absolute Gasteiger partial charge is 0.251 e. The highest BCUT2D eigenvalue weighted by atomic mass is 19.2. The third kappa shape index (κ3) is 5.01. The molecule has 0 aliphatic carbocycles. The number of amides is 1. The third-order valence-corrected chi connectivity index (χ3v) is 5.62. The van der Waals surface area contributed by atoms with Crippen molar-refractivity contribution in [3.63, 3.8) is 0 Å². The molecule has 1 aromatic heterocycles. The second kappa shape index (κ2) is 10.0. The minimum absolute atomic E-state index is 0.111. The lowest BCUT2D eigenvalue weighted by Crippen LogP contribution is -2.26. The van der Waals surface area contributed by atoms with E-state index in [-0.39, 0.29) is 12.3 Å². The Balaban J connectivity index is 1.54. The summed E-state index contributed by atoms with van der Waals surface area (Å²) in [5.74, 6) is -4.03. The van der Waals surface area contributed by atoms with Gasteiger partial charge in [0.25, 0.3) is 5.91 Å². The Hall–Kier alpha value is -3.39. The summed E-state index contributed by atoms with van der Waals surface area (Å²) >= 11 is 0. The van der Waals surface area contributed by atoms with Crippen LogP contribution in [0.4, 0.5) is 24.5 Å². The Morgan fingerprint density at radius 1 is 1.15 bits per heavy atom. The SMILES string of the molecule is COCCCNC(=O)c1cccc2c1CCN2c1ccnc(Cc2cc(F)c(F)c(F)c2)c1. The molecule has 0 saturated carbocycles. The molecule has 0 unspecified atom stereocenters. The fourth-order valence-electron chi connectivity index (χ4n) is 4.08. The van der Waals surface area contributed by atoms with E-state index in [4.69, 9.17) is 4.74 Å². The zero-order valence-electron chi connectivity index (χ0n) is 18.2. The van der Waals surface area contributed by atoms with Gasteiger partial charge >= 0.3 is 0 Å². The molecule has 1 amide bonds. The first kappa shape index (κ1) is 22.8. The number of rotatable bonds is 8. The molecule has 0 atom stereocenters. The zero-order chi connectivity index (χ0) is 23.4. The first-order chi connectivity index (χ1) is 16.0. The number of halogens is 3. The molecule has 0 radical (unpaired) electrons. The summed E-state index contributed by atoms with van der Waals surface area (Å²) in [6, 6.07) is 11.3. The number of nitrogens with one attached hydrogen (secondary N) is 1. The maximum atomic E-state index is 13.6. The molecule has 8 heteroatoms. The van der Waals surface area contributed by atoms with Crippen LogP contribution in [0, 0.1) is 17.5 Å². The summed E-state index contributed by atoms with van der Waals surface area (Å²) in [4.78, 5) is 19.1. The lowest BCUT2D eigenvalue weighted by atomic mass is 10.0. The number of ether oxygens (including phenoxy) is 1. The van der Waals surface area contributed by atoms with Gasteiger partial charge in [-0.1, -0.05) is 6.07 Å². The van der Waals surface area contributed by atoms with Crippen LogP contribution in [0.1, 0.15) is 33.6 Å². The molecule has 1 N–H and O–H groups in total. The van der Waals surface area contributed by atoms with Crippen molar-refractivity contribution in [2.24, 2.45) is 0 Å². The molecule has 0 spiro atoms. The van der Waals surface area contributed by atoms with Crippen molar-refractivity contribution < 1.29 is 22.7 Å². The number of pyridine rings is 1. The largest absolute Gasteiger partial charge is 0.385 e. The van der Waals surface area contributed by atoms with Gasteiger partial charge in [0.15, 0.2) is 17.5 Å². The van der Waals surface area contributed by atoms with Crippen molar-refractivity contribution in [3.8, 4) is 0 Å². The number of hydrogen-bond donors (Lipinski definition) is 1. The summed E-state index contributed by atoms with van der Waals surface area (Å²) < 4.78 is 45.4. The number of carbonyl (C=O) groups is 1. The summed E-state index contributed by atoms with van der Waals surface area (Å²) in [5.41, 5.74) is 4.32. The van der Waals surface area contributed by atoms with Crippen molar-refractivity contribution in [3.05, 3.63) is 88.5 Å². The van der Waals surface area contributed by atoms with Gasteiger partial charge in [-0.25, -0.2) is 13.2 Å². The molecule has 172 valence electrons. The normalized spacial score (nSPS) is 12.7. The highest BCUT2D eigenvalue weighted by Gasteiger charge is 2.25. The third-order valence-electron chi connectivity index (χ3n) is 5.62. The summed E-state index contributed by atoms with van der Waals surface area (Å²) in [6.45, 7) is 1.81. The molecule has 5 nitrogen and oxygen atoms in total. The van der Waals surface area contributed by atoms with E-state index in [0.717, 1.165) is 35.5 Å². The number of aromatic nitrogens is 1. The summed E-state index contributed by atoms with van der Waals surface area (Å²) in [7, 11) is 1.63. The Kier molecular flexibility index (Phi) is 6.93.